The van der Waals surface area contributed by atoms with Crippen LogP contribution in [0.1, 0.15) is 17.2 Å². The zero-order valence-corrected chi connectivity index (χ0v) is 11.0. The second kappa shape index (κ2) is 6.92. The van der Waals surface area contributed by atoms with Gasteiger partial charge in [0.1, 0.15) is 12.4 Å². The van der Waals surface area contributed by atoms with Crippen molar-refractivity contribution in [3.05, 3.63) is 65.7 Å². The summed E-state index contributed by atoms with van der Waals surface area (Å²) in [5.74, 6) is 0.810. The molecule has 0 unspecified atom stereocenters. The maximum Gasteiger partial charge on any atom is 0.119 e. The SMILES string of the molecule is CNC[C@H](O)c1ccc(OCc2ccccc2)cc1. The first-order chi connectivity index (χ1) is 9.29. The van der Waals surface area contributed by atoms with Crippen LogP contribution in [-0.4, -0.2) is 18.7 Å². The third kappa shape index (κ3) is 4.09. The van der Waals surface area contributed by atoms with E-state index in [-0.39, 0.29) is 0 Å². The van der Waals surface area contributed by atoms with Gasteiger partial charge >= 0.3 is 0 Å². The van der Waals surface area contributed by atoms with E-state index in [2.05, 4.69) is 5.32 Å². The molecule has 0 amide bonds. The summed E-state index contributed by atoms with van der Waals surface area (Å²) in [6.45, 7) is 1.10. The summed E-state index contributed by atoms with van der Waals surface area (Å²) in [6, 6.07) is 17.6. The van der Waals surface area contributed by atoms with E-state index >= 15 is 0 Å². The number of aliphatic hydroxyl groups is 1. The number of aliphatic hydroxyl groups excluding tert-OH is 1. The lowest BCUT2D eigenvalue weighted by atomic mass is 10.1. The molecule has 0 saturated heterocycles. The summed E-state index contributed by atoms with van der Waals surface area (Å²) < 4.78 is 5.69. The quantitative estimate of drug-likeness (QED) is 0.835. The van der Waals surface area contributed by atoms with Crippen molar-refractivity contribution in [2.24, 2.45) is 0 Å². The predicted octanol–water partition coefficient (Wildman–Crippen LogP) is 2.52. The molecule has 1 atom stereocenters. The van der Waals surface area contributed by atoms with Crippen LogP contribution in [0.15, 0.2) is 54.6 Å². The largest absolute Gasteiger partial charge is 0.489 e. The maximum absolute atomic E-state index is 9.82. The molecule has 0 aliphatic heterocycles. The molecule has 19 heavy (non-hydrogen) atoms. The fraction of sp³-hybridized carbons (Fsp3) is 0.250. The van der Waals surface area contributed by atoms with Crippen LogP contribution in [0.4, 0.5) is 0 Å². The third-order valence-corrected chi connectivity index (χ3v) is 2.91. The first kappa shape index (κ1) is 13.6. The molecule has 3 nitrogen and oxygen atoms in total. The highest BCUT2D eigenvalue weighted by molar-refractivity contribution is 5.29. The topological polar surface area (TPSA) is 41.5 Å². The molecular weight excluding hydrogens is 238 g/mol. The van der Waals surface area contributed by atoms with Crippen LogP contribution in [0.2, 0.25) is 0 Å². The van der Waals surface area contributed by atoms with Crippen molar-refractivity contribution in [3.8, 4) is 5.75 Å². The Labute approximate surface area is 113 Å². The highest BCUT2D eigenvalue weighted by Gasteiger charge is 2.05. The maximum atomic E-state index is 9.82. The molecule has 0 bridgehead atoms. The average Bonchev–Trinajstić information content (AvgIpc) is 2.47. The van der Waals surface area contributed by atoms with Gasteiger partial charge in [-0.1, -0.05) is 42.5 Å². The molecule has 2 aromatic carbocycles. The minimum atomic E-state index is -0.479. The van der Waals surface area contributed by atoms with Gasteiger partial charge in [-0.25, -0.2) is 0 Å². The Hall–Kier alpha value is -1.84. The van der Waals surface area contributed by atoms with Crippen molar-refractivity contribution >= 4 is 0 Å². The summed E-state index contributed by atoms with van der Waals surface area (Å²) >= 11 is 0. The number of likely N-dealkylation sites (N-methyl/N-ethyl adjacent to an activating group) is 1. The fourth-order valence-electron chi connectivity index (χ4n) is 1.84. The van der Waals surface area contributed by atoms with E-state index in [1.165, 1.54) is 0 Å². The monoisotopic (exact) mass is 257 g/mol. The van der Waals surface area contributed by atoms with Gasteiger partial charge in [0.25, 0.3) is 0 Å². The Morgan fingerprint density at radius 3 is 2.37 bits per heavy atom. The molecule has 0 fully saturated rings. The van der Waals surface area contributed by atoms with Gasteiger partial charge in [-0.05, 0) is 30.3 Å². The van der Waals surface area contributed by atoms with Crippen LogP contribution in [0, 0.1) is 0 Å². The number of hydrogen-bond acceptors (Lipinski definition) is 3. The first-order valence-corrected chi connectivity index (χ1v) is 6.39. The van der Waals surface area contributed by atoms with E-state index in [1.807, 2.05) is 61.6 Å². The lowest BCUT2D eigenvalue weighted by Crippen LogP contribution is -2.16. The summed E-state index contributed by atoms with van der Waals surface area (Å²) in [6.07, 6.45) is -0.479. The molecule has 0 heterocycles. The molecular formula is C16H19NO2. The normalized spacial score (nSPS) is 12.1. The molecule has 2 N–H and O–H groups in total. The summed E-state index contributed by atoms with van der Waals surface area (Å²) in [5.41, 5.74) is 2.03. The van der Waals surface area contributed by atoms with E-state index in [0.29, 0.717) is 13.2 Å². The molecule has 0 aromatic heterocycles. The number of hydrogen-bond donors (Lipinski definition) is 2. The first-order valence-electron chi connectivity index (χ1n) is 6.39. The molecule has 0 aliphatic rings. The Morgan fingerprint density at radius 2 is 1.74 bits per heavy atom. The Kier molecular flexibility index (Phi) is 4.95. The molecule has 0 saturated carbocycles. The minimum Gasteiger partial charge on any atom is -0.489 e. The van der Waals surface area contributed by atoms with E-state index < -0.39 is 6.10 Å². The lowest BCUT2D eigenvalue weighted by Gasteiger charge is -2.11. The van der Waals surface area contributed by atoms with Crippen LogP contribution in [0.3, 0.4) is 0 Å². The molecule has 2 rings (SSSR count). The number of ether oxygens (including phenoxy) is 1. The van der Waals surface area contributed by atoms with Gasteiger partial charge in [-0.15, -0.1) is 0 Å². The smallest absolute Gasteiger partial charge is 0.119 e. The van der Waals surface area contributed by atoms with E-state index in [9.17, 15) is 5.11 Å². The third-order valence-electron chi connectivity index (χ3n) is 2.91. The number of benzene rings is 2. The highest BCUT2D eigenvalue weighted by atomic mass is 16.5. The van der Waals surface area contributed by atoms with Crippen molar-refractivity contribution in [2.45, 2.75) is 12.7 Å². The van der Waals surface area contributed by atoms with Crippen molar-refractivity contribution in [1.82, 2.24) is 5.32 Å². The second-order valence-electron chi connectivity index (χ2n) is 4.42. The van der Waals surface area contributed by atoms with E-state index in [4.69, 9.17) is 4.74 Å². The fourth-order valence-corrected chi connectivity index (χ4v) is 1.84. The average molecular weight is 257 g/mol. The molecule has 3 heteroatoms. The van der Waals surface area contributed by atoms with Crippen molar-refractivity contribution in [3.63, 3.8) is 0 Å². The molecule has 2 aromatic rings. The van der Waals surface area contributed by atoms with Crippen LogP contribution >= 0.6 is 0 Å². The van der Waals surface area contributed by atoms with Crippen molar-refractivity contribution in [1.29, 1.82) is 0 Å². The van der Waals surface area contributed by atoms with Crippen molar-refractivity contribution < 1.29 is 9.84 Å². The van der Waals surface area contributed by atoms with E-state index in [1.54, 1.807) is 0 Å². The Morgan fingerprint density at radius 1 is 1.05 bits per heavy atom. The highest BCUT2D eigenvalue weighted by Crippen LogP contribution is 2.18. The van der Waals surface area contributed by atoms with E-state index in [0.717, 1.165) is 16.9 Å². The molecule has 0 spiro atoms. The van der Waals surface area contributed by atoms with Crippen LogP contribution in [-0.2, 0) is 6.61 Å². The van der Waals surface area contributed by atoms with Crippen LogP contribution in [0.25, 0.3) is 0 Å². The van der Waals surface area contributed by atoms with Gasteiger partial charge in [0.2, 0.25) is 0 Å². The molecule has 0 aliphatic carbocycles. The van der Waals surface area contributed by atoms with Crippen LogP contribution < -0.4 is 10.1 Å². The van der Waals surface area contributed by atoms with Gasteiger partial charge in [0, 0.05) is 6.54 Å². The number of rotatable bonds is 6. The standard InChI is InChI=1S/C16H19NO2/c1-17-11-16(18)14-7-9-15(10-8-14)19-12-13-5-3-2-4-6-13/h2-10,16-18H,11-12H2,1H3/t16-/m0/s1. The van der Waals surface area contributed by atoms with Gasteiger partial charge in [-0.3, -0.25) is 0 Å². The van der Waals surface area contributed by atoms with Gasteiger partial charge < -0.3 is 15.2 Å². The Balaban J connectivity index is 1.92. The molecule has 100 valence electrons. The zero-order chi connectivity index (χ0) is 13.5. The summed E-state index contributed by atoms with van der Waals surface area (Å²) in [7, 11) is 1.82. The second-order valence-corrected chi connectivity index (χ2v) is 4.42. The van der Waals surface area contributed by atoms with Crippen LogP contribution in [0.5, 0.6) is 5.75 Å². The minimum absolute atomic E-state index is 0.479. The summed E-state index contributed by atoms with van der Waals surface area (Å²) in [4.78, 5) is 0. The number of nitrogens with one attached hydrogen (secondary N) is 1. The van der Waals surface area contributed by atoms with Crippen molar-refractivity contribution in [2.75, 3.05) is 13.6 Å². The predicted molar refractivity (Wildman–Crippen MR) is 76.1 cm³/mol. The zero-order valence-electron chi connectivity index (χ0n) is 11.0. The molecule has 0 radical (unpaired) electrons. The van der Waals surface area contributed by atoms with Gasteiger partial charge in [0.15, 0.2) is 0 Å². The lowest BCUT2D eigenvalue weighted by molar-refractivity contribution is 0.177. The van der Waals surface area contributed by atoms with Gasteiger partial charge in [0.05, 0.1) is 6.10 Å². The Bertz CT molecular complexity index is 482. The summed E-state index contributed by atoms with van der Waals surface area (Å²) in [5, 5.41) is 12.8. The van der Waals surface area contributed by atoms with Gasteiger partial charge in [-0.2, -0.15) is 0 Å².